The highest BCUT2D eigenvalue weighted by Crippen LogP contribution is 2.23. The molecule has 1 atom stereocenters. The number of rotatable bonds is 4. The molecule has 2 aliphatic heterocycles. The number of hydrogen-bond donors (Lipinski definition) is 0. The molecule has 0 N–H and O–H groups in total. The van der Waals surface area contributed by atoms with Crippen LogP contribution in [0.25, 0.3) is 0 Å². The van der Waals surface area contributed by atoms with Crippen LogP contribution in [0.5, 0.6) is 0 Å². The summed E-state index contributed by atoms with van der Waals surface area (Å²) in [6.45, 7) is 5.48. The Morgan fingerprint density at radius 1 is 1.00 bits per heavy atom. The van der Waals surface area contributed by atoms with Crippen molar-refractivity contribution in [3.05, 3.63) is 35.1 Å². The maximum absolute atomic E-state index is 13.9. The smallest absolute Gasteiger partial charge is 0.194 e. The number of nitrogens with zero attached hydrogens (tertiary/aromatic N) is 2. The molecular formula is C17H23F3N2O. The Labute approximate surface area is 135 Å². The Bertz CT molecular complexity index is 535. The molecule has 0 radical (unpaired) electrons. The van der Waals surface area contributed by atoms with Crippen LogP contribution < -0.4 is 0 Å². The number of ether oxygens (including phenoxy) is 1. The highest BCUT2D eigenvalue weighted by molar-refractivity contribution is 5.20. The molecule has 23 heavy (non-hydrogen) atoms. The van der Waals surface area contributed by atoms with E-state index in [2.05, 4.69) is 9.80 Å². The van der Waals surface area contributed by atoms with E-state index in [1.165, 1.54) is 6.07 Å². The van der Waals surface area contributed by atoms with Gasteiger partial charge in [-0.1, -0.05) is 12.5 Å². The summed E-state index contributed by atoms with van der Waals surface area (Å²) in [5.41, 5.74) is 0.234. The van der Waals surface area contributed by atoms with Gasteiger partial charge in [0, 0.05) is 37.8 Å². The summed E-state index contributed by atoms with van der Waals surface area (Å²) in [4.78, 5) is 4.57. The molecule has 2 fully saturated rings. The van der Waals surface area contributed by atoms with Gasteiger partial charge in [-0.15, -0.1) is 0 Å². The van der Waals surface area contributed by atoms with Crippen LogP contribution in [0, 0.1) is 17.5 Å². The van der Waals surface area contributed by atoms with Gasteiger partial charge >= 0.3 is 0 Å². The maximum Gasteiger partial charge on any atom is 0.194 e. The Hall–Kier alpha value is -1.11. The lowest BCUT2D eigenvalue weighted by atomic mass is 10.00. The zero-order chi connectivity index (χ0) is 16.2. The minimum atomic E-state index is -1.37. The van der Waals surface area contributed by atoms with Crippen LogP contribution in [0.4, 0.5) is 13.2 Å². The first kappa shape index (κ1) is 16.7. The summed E-state index contributed by atoms with van der Waals surface area (Å²) in [6, 6.07) is 2.69. The number of likely N-dealkylation sites (tertiary alicyclic amines) is 1. The van der Waals surface area contributed by atoms with Gasteiger partial charge in [0.25, 0.3) is 0 Å². The van der Waals surface area contributed by atoms with Crippen LogP contribution in [0.15, 0.2) is 12.1 Å². The van der Waals surface area contributed by atoms with Gasteiger partial charge in [-0.2, -0.15) is 0 Å². The van der Waals surface area contributed by atoms with Crippen LogP contribution in [0.1, 0.15) is 24.8 Å². The zero-order valence-corrected chi connectivity index (χ0v) is 13.2. The van der Waals surface area contributed by atoms with Crippen molar-refractivity contribution in [2.75, 3.05) is 39.4 Å². The van der Waals surface area contributed by atoms with E-state index in [1.807, 2.05) is 0 Å². The molecule has 6 heteroatoms. The number of hydrogen-bond acceptors (Lipinski definition) is 3. The molecule has 2 saturated heterocycles. The molecule has 0 unspecified atom stereocenters. The third-order valence-electron chi connectivity index (χ3n) is 4.81. The zero-order valence-electron chi connectivity index (χ0n) is 13.2. The molecule has 0 spiro atoms. The third-order valence-corrected chi connectivity index (χ3v) is 4.81. The van der Waals surface area contributed by atoms with E-state index in [-0.39, 0.29) is 5.56 Å². The first-order valence-electron chi connectivity index (χ1n) is 8.31. The molecule has 0 aliphatic carbocycles. The molecule has 1 aromatic carbocycles. The lowest BCUT2D eigenvalue weighted by Gasteiger charge is -2.39. The van der Waals surface area contributed by atoms with Crippen LogP contribution >= 0.6 is 0 Å². The average molecular weight is 328 g/mol. The minimum absolute atomic E-state index is 0.234. The fourth-order valence-electron chi connectivity index (χ4n) is 3.46. The molecule has 0 saturated carbocycles. The largest absolute Gasteiger partial charge is 0.379 e. The lowest BCUT2D eigenvalue weighted by Crippen LogP contribution is -2.49. The van der Waals surface area contributed by atoms with Crippen molar-refractivity contribution in [3.63, 3.8) is 0 Å². The van der Waals surface area contributed by atoms with Crippen molar-refractivity contribution < 1.29 is 17.9 Å². The van der Waals surface area contributed by atoms with Gasteiger partial charge in [0.15, 0.2) is 17.5 Å². The molecule has 0 bridgehead atoms. The van der Waals surface area contributed by atoms with Crippen LogP contribution in [0.3, 0.4) is 0 Å². The van der Waals surface area contributed by atoms with Gasteiger partial charge in [-0.3, -0.25) is 9.80 Å². The van der Waals surface area contributed by atoms with E-state index >= 15 is 0 Å². The molecule has 2 heterocycles. The van der Waals surface area contributed by atoms with E-state index in [9.17, 15) is 13.2 Å². The Balaban J connectivity index is 1.67. The quantitative estimate of drug-likeness (QED) is 0.791. The van der Waals surface area contributed by atoms with Crippen molar-refractivity contribution in [1.29, 1.82) is 0 Å². The molecule has 0 amide bonds. The van der Waals surface area contributed by atoms with Crippen LogP contribution in [-0.2, 0) is 11.3 Å². The monoisotopic (exact) mass is 328 g/mol. The van der Waals surface area contributed by atoms with Crippen LogP contribution in [-0.4, -0.2) is 55.2 Å². The van der Waals surface area contributed by atoms with Crippen molar-refractivity contribution in [1.82, 2.24) is 9.80 Å². The van der Waals surface area contributed by atoms with E-state index in [0.717, 1.165) is 64.7 Å². The van der Waals surface area contributed by atoms with Gasteiger partial charge in [0.1, 0.15) is 0 Å². The molecule has 1 aromatic rings. The third kappa shape index (κ3) is 4.05. The topological polar surface area (TPSA) is 15.7 Å². The minimum Gasteiger partial charge on any atom is -0.379 e. The Morgan fingerprint density at radius 2 is 1.78 bits per heavy atom. The summed E-state index contributed by atoms with van der Waals surface area (Å²) < 4.78 is 45.8. The lowest BCUT2D eigenvalue weighted by molar-refractivity contribution is 0.0151. The number of halogens is 3. The van der Waals surface area contributed by atoms with Gasteiger partial charge in [0.05, 0.1) is 13.2 Å². The molecular weight excluding hydrogens is 305 g/mol. The first-order chi connectivity index (χ1) is 11.1. The summed E-state index contributed by atoms with van der Waals surface area (Å²) in [7, 11) is 0. The fourth-order valence-corrected chi connectivity index (χ4v) is 3.46. The van der Waals surface area contributed by atoms with Crippen molar-refractivity contribution in [2.45, 2.75) is 31.8 Å². The molecule has 3 rings (SSSR count). The van der Waals surface area contributed by atoms with Crippen molar-refractivity contribution in [2.24, 2.45) is 0 Å². The molecule has 128 valence electrons. The number of morpholine rings is 1. The Kier molecular flexibility index (Phi) is 5.56. The second-order valence-electron chi connectivity index (χ2n) is 6.37. The predicted octanol–water partition coefficient (Wildman–Crippen LogP) is 2.79. The van der Waals surface area contributed by atoms with Crippen molar-refractivity contribution in [3.8, 4) is 0 Å². The fraction of sp³-hybridized carbons (Fsp3) is 0.647. The van der Waals surface area contributed by atoms with Gasteiger partial charge in [-0.05, 0) is 25.5 Å². The number of piperidine rings is 1. The van der Waals surface area contributed by atoms with E-state index < -0.39 is 17.5 Å². The average Bonchev–Trinajstić information content (AvgIpc) is 2.58. The van der Waals surface area contributed by atoms with Gasteiger partial charge in [-0.25, -0.2) is 13.2 Å². The summed E-state index contributed by atoms with van der Waals surface area (Å²) in [5, 5.41) is 0. The molecule has 0 aromatic heterocycles. The summed E-state index contributed by atoms with van der Waals surface area (Å²) in [5.74, 6) is -3.56. The van der Waals surface area contributed by atoms with E-state index in [4.69, 9.17) is 4.74 Å². The van der Waals surface area contributed by atoms with Gasteiger partial charge < -0.3 is 4.74 Å². The second kappa shape index (κ2) is 7.64. The Morgan fingerprint density at radius 3 is 2.57 bits per heavy atom. The number of benzene rings is 1. The SMILES string of the molecule is Fc1ccc(CN2CCCC[C@@H]2CN2CCOCC2)c(F)c1F. The normalized spacial score (nSPS) is 24.0. The summed E-state index contributed by atoms with van der Waals surface area (Å²) in [6.07, 6.45) is 3.28. The van der Waals surface area contributed by atoms with Gasteiger partial charge in [0.2, 0.25) is 0 Å². The van der Waals surface area contributed by atoms with E-state index in [0.29, 0.717) is 12.6 Å². The first-order valence-corrected chi connectivity index (χ1v) is 8.31. The molecule has 3 nitrogen and oxygen atoms in total. The van der Waals surface area contributed by atoms with Crippen molar-refractivity contribution >= 4 is 0 Å². The van der Waals surface area contributed by atoms with Crippen LogP contribution in [0.2, 0.25) is 0 Å². The standard InChI is InChI=1S/C17H23F3N2O/c18-15-5-4-13(16(19)17(15)20)11-22-6-2-1-3-14(22)12-21-7-9-23-10-8-21/h4-5,14H,1-3,6-12H2/t14-/m1/s1. The predicted molar refractivity (Wildman–Crippen MR) is 81.6 cm³/mol. The van der Waals surface area contributed by atoms with E-state index in [1.54, 1.807) is 0 Å². The highest BCUT2D eigenvalue weighted by atomic mass is 19.2. The molecule has 2 aliphatic rings. The summed E-state index contributed by atoms with van der Waals surface area (Å²) >= 11 is 0. The second-order valence-corrected chi connectivity index (χ2v) is 6.37. The highest BCUT2D eigenvalue weighted by Gasteiger charge is 2.26. The maximum atomic E-state index is 13.9.